The van der Waals surface area contributed by atoms with Gasteiger partial charge in [-0.3, -0.25) is 4.72 Å². The van der Waals surface area contributed by atoms with Gasteiger partial charge in [0.05, 0.1) is 32.3 Å². The highest BCUT2D eigenvalue weighted by molar-refractivity contribution is 7.92. The lowest BCUT2D eigenvalue weighted by atomic mass is 9.80. The molecule has 9 heteroatoms. The van der Waals surface area contributed by atoms with Crippen molar-refractivity contribution in [3.63, 3.8) is 0 Å². The van der Waals surface area contributed by atoms with Gasteiger partial charge < -0.3 is 25.1 Å². The predicted octanol–water partition coefficient (Wildman–Crippen LogP) is 5.74. The van der Waals surface area contributed by atoms with Crippen LogP contribution in [0.1, 0.15) is 41.5 Å². The summed E-state index contributed by atoms with van der Waals surface area (Å²) in [5, 5.41) is 11.2. The van der Waals surface area contributed by atoms with Crippen LogP contribution in [0.5, 0.6) is 17.2 Å². The Balaban J connectivity index is 1.49. The van der Waals surface area contributed by atoms with Crippen LogP contribution in [-0.2, 0) is 23.1 Å². The van der Waals surface area contributed by atoms with E-state index in [0.717, 1.165) is 40.0 Å². The van der Waals surface area contributed by atoms with Crippen molar-refractivity contribution in [1.82, 2.24) is 0 Å². The van der Waals surface area contributed by atoms with E-state index in [1.54, 1.807) is 26.4 Å². The van der Waals surface area contributed by atoms with E-state index in [4.69, 9.17) is 19.9 Å². The average Bonchev–Trinajstić information content (AvgIpc) is 3.02. The topological polar surface area (TPSA) is 120 Å². The van der Waals surface area contributed by atoms with Crippen molar-refractivity contribution >= 4 is 15.7 Å². The van der Waals surface area contributed by atoms with Gasteiger partial charge in [-0.1, -0.05) is 67.6 Å². The van der Waals surface area contributed by atoms with Gasteiger partial charge in [-0.15, -0.1) is 0 Å². The summed E-state index contributed by atoms with van der Waals surface area (Å²) >= 11 is 0. The molecule has 3 atom stereocenters. The summed E-state index contributed by atoms with van der Waals surface area (Å²) in [5.41, 5.74) is 10.9. The molecule has 8 nitrogen and oxygen atoms in total. The normalized spacial score (nSPS) is 13.6. The number of ether oxygens (including phenoxy) is 3. The number of methoxy groups -OCH3 is 2. The first kappa shape index (κ1) is 32.9. The largest absolute Gasteiger partial charge is 0.497 e. The van der Waals surface area contributed by atoms with Crippen LogP contribution in [0, 0.1) is 5.92 Å². The first-order valence-corrected chi connectivity index (χ1v) is 16.4. The molecule has 0 fully saturated rings. The van der Waals surface area contributed by atoms with Crippen molar-refractivity contribution in [1.29, 1.82) is 0 Å². The number of nitrogens with two attached hydrogens (primary N) is 1. The Morgan fingerprint density at radius 1 is 0.818 bits per heavy atom. The van der Waals surface area contributed by atoms with E-state index in [1.807, 2.05) is 67.6 Å². The highest BCUT2D eigenvalue weighted by Crippen LogP contribution is 2.35. The number of aliphatic hydroxyl groups excluding tert-OH is 1. The number of aliphatic hydroxyl groups is 1. The van der Waals surface area contributed by atoms with E-state index in [1.165, 1.54) is 0 Å². The molecule has 4 N–H and O–H groups in total. The van der Waals surface area contributed by atoms with Crippen molar-refractivity contribution in [2.75, 3.05) is 25.2 Å². The van der Waals surface area contributed by atoms with Crippen LogP contribution < -0.4 is 24.7 Å². The van der Waals surface area contributed by atoms with Crippen LogP contribution >= 0.6 is 0 Å². The van der Waals surface area contributed by atoms with Crippen molar-refractivity contribution in [2.45, 2.75) is 44.4 Å². The minimum Gasteiger partial charge on any atom is -0.497 e. The summed E-state index contributed by atoms with van der Waals surface area (Å²) in [7, 11) is -0.280. The summed E-state index contributed by atoms with van der Waals surface area (Å²) in [6, 6.07) is 30.3. The molecule has 0 aromatic heterocycles. The average molecular weight is 619 g/mol. The monoisotopic (exact) mass is 618 g/mol. The third kappa shape index (κ3) is 9.22. The maximum absolute atomic E-state index is 12.1. The molecule has 4 aromatic rings. The third-order valence-corrected chi connectivity index (χ3v) is 8.36. The molecule has 0 aliphatic heterocycles. The van der Waals surface area contributed by atoms with Crippen molar-refractivity contribution < 1.29 is 27.7 Å². The van der Waals surface area contributed by atoms with Gasteiger partial charge in [0.15, 0.2) is 0 Å². The number of nitrogens with one attached hydrogen (secondary N) is 1. The molecule has 0 bridgehead atoms. The van der Waals surface area contributed by atoms with Crippen molar-refractivity contribution in [2.24, 2.45) is 11.7 Å². The molecule has 0 heterocycles. The van der Waals surface area contributed by atoms with Gasteiger partial charge in [-0.2, -0.15) is 0 Å². The first-order valence-electron chi connectivity index (χ1n) is 14.5. The second-order valence-electron chi connectivity index (χ2n) is 11.1. The van der Waals surface area contributed by atoms with Gasteiger partial charge in [-0.25, -0.2) is 8.42 Å². The molecule has 0 aliphatic carbocycles. The molecular weight excluding hydrogens is 576 g/mol. The molecule has 4 rings (SSSR count). The molecule has 0 aliphatic rings. The molecule has 0 spiro atoms. The Labute approximate surface area is 260 Å². The van der Waals surface area contributed by atoms with Gasteiger partial charge in [0.25, 0.3) is 0 Å². The van der Waals surface area contributed by atoms with E-state index in [-0.39, 0.29) is 24.9 Å². The Morgan fingerprint density at radius 2 is 1.39 bits per heavy atom. The number of anilines is 1. The summed E-state index contributed by atoms with van der Waals surface area (Å²) in [6.45, 7) is 2.33. The summed E-state index contributed by atoms with van der Waals surface area (Å²) in [5.74, 6) is 1.94. The van der Waals surface area contributed by atoms with Crippen molar-refractivity contribution in [3.05, 3.63) is 119 Å². The van der Waals surface area contributed by atoms with Crippen LogP contribution in [0.3, 0.4) is 0 Å². The number of rotatable bonds is 15. The van der Waals surface area contributed by atoms with Crippen LogP contribution in [0.15, 0.2) is 97.1 Å². The number of hydrogen-bond acceptors (Lipinski definition) is 7. The van der Waals surface area contributed by atoms with Gasteiger partial charge in [0.1, 0.15) is 23.9 Å². The summed E-state index contributed by atoms with van der Waals surface area (Å²) in [6.07, 6.45) is 1.18. The van der Waals surface area contributed by atoms with Crippen LogP contribution in [0.2, 0.25) is 0 Å². The lowest BCUT2D eigenvalue weighted by molar-refractivity contribution is 0.117. The highest BCUT2D eigenvalue weighted by Gasteiger charge is 2.27. The number of hydrogen-bond donors (Lipinski definition) is 3. The minimum absolute atomic E-state index is 0.0340. The smallest absolute Gasteiger partial charge is 0.229 e. The standard InChI is InChI=1S/C35H42N2O6S/c1-24(20-31(27-11-15-29(41-2)16-12-27)28-13-17-30(42-3)18-14-28)35(36)33(38)22-26-10-19-34(32(21-26)37-44(4,39)40)43-23-25-8-6-5-7-9-25/h5-19,21,24,31,33,35,37-38H,20,22-23,36H2,1-4H3/t24?,33-,35?/m1/s1. The number of benzene rings is 4. The van der Waals surface area contributed by atoms with E-state index in [2.05, 4.69) is 29.0 Å². The molecular formula is C35H42N2O6S. The molecule has 0 saturated carbocycles. The third-order valence-electron chi connectivity index (χ3n) is 7.77. The molecule has 2 unspecified atom stereocenters. The lowest BCUT2D eigenvalue weighted by Crippen LogP contribution is -2.42. The van der Waals surface area contributed by atoms with Crippen LogP contribution in [0.4, 0.5) is 5.69 Å². The molecule has 234 valence electrons. The fourth-order valence-corrected chi connectivity index (χ4v) is 5.83. The molecule has 0 amide bonds. The van der Waals surface area contributed by atoms with Gasteiger partial charge in [0, 0.05) is 12.0 Å². The summed E-state index contributed by atoms with van der Waals surface area (Å²) in [4.78, 5) is 0. The second-order valence-corrected chi connectivity index (χ2v) is 12.9. The fourth-order valence-electron chi connectivity index (χ4n) is 5.27. The van der Waals surface area contributed by atoms with E-state index in [0.29, 0.717) is 17.9 Å². The second kappa shape index (κ2) is 15.1. The first-order chi connectivity index (χ1) is 21.1. The number of sulfonamides is 1. The zero-order chi connectivity index (χ0) is 31.7. The van der Waals surface area contributed by atoms with Gasteiger partial charge >= 0.3 is 0 Å². The molecule has 44 heavy (non-hydrogen) atoms. The quantitative estimate of drug-likeness (QED) is 0.155. The lowest BCUT2D eigenvalue weighted by Gasteiger charge is -2.29. The SMILES string of the molecule is COc1ccc(C(CC(C)C(N)[C@H](O)Cc2ccc(OCc3ccccc3)c(NS(C)(=O)=O)c2)c2ccc(OC)cc2)cc1. The fraction of sp³-hybridized carbons (Fsp3) is 0.314. The van der Waals surface area contributed by atoms with E-state index >= 15 is 0 Å². The van der Waals surface area contributed by atoms with Gasteiger partial charge in [-0.05, 0) is 77.4 Å². The highest BCUT2D eigenvalue weighted by atomic mass is 32.2. The predicted molar refractivity (Wildman–Crippen MR) is 175 cm³/mol. The maximum Gasteiger partial charge on any atom is 0.229 e. The summed E-state index contributed by atoms with van der Waals surface area (Å²) < 4.78 is 43.4. The Hall–Kier alpha value is -4.05. The van der Waals surface area contributed by atoms with Gasteiger partial charge in [0.2, 0.25) is 10.0 Å². The Bertz CT molecular complexity index is 1530. The Morgan fingerprint density at radius 3 is 1.91 bits per heavy atom. The molecule has 0 radical (unpaired) electrons. The van der Waals surface area contributed by atoms with Crippen molar-refractivity contribution in [3.8, 4) is 17.2 Å². The van der Waals surface area contributed by atoms with Crippen LogP contribution in [-0.4, -0.2) is 46.1 Å². The zero-order valence-electron chi connectivity index (χ0n) is 25.6. The van der Waals surface area contributed by atoms with Crippen LogP contribution in [0.25, 0.3) is 0 Å². The molecule has 4 aromatic carbocycles. The zero-order valence-corrected chi connectivity index (χ0v) is 26.5. The Kier molecular flexibility index (Phi) is 11.3. The molecule has 0 saturated heterocycles. The van der Waals surface area contributed by atoms with E-state index in [9.17, 15) is 13.5 Å². The minimum atomic E-state index is -3.57. The van der Waals surface area contributed by atoms with E-state index < -0.39 is 22.2 Å². The maximum atomic E-state index is 12.1.